The van der Waals surface area contributed by atoms with Gasteiger partial charge in [0, 0.05) is 71.2 Å². The predicted molar refractivity (Wildman–Crippen MR) is 304 cm³/mol. The fourth-order valence-corrected chi connectivity index (χ4v) is 12.4. The summed E-state index contributed by atoms with van der Waals surface area (Å²) in [6.45, 7) is -0.191. The Morgan fingerprint density at radius 1 is 0.352 bits per heavy atom. The van der Waals surface area contributed by atoms with Gasteiger partial charge in [0.25, 0.3) is 0 Å². The molecule has 12 aromatic rings. The van der Waals surface area contributed by atoms with Crippen LogP contribution in [0, 0.1) is 0 Å². The van der Waals surface area contributed by atoms with E-state index in [1.54, 1.807) is 0 Å². The van der Waals surface area contributed by atoms with Crippen LogP contribution in [-0.4, -0.2) is 6.85 Å². The molecule has 14 rings (SSSR count). The van der Waals surface area contributed by atoms with Crippen LogP contribution in [0.25, 0.3) is 64.7 Å². The smallest absolute Gasteiger partial charge is 0.333 e. The molecule has 1 aromatic heterocycles. The van der Waals surface area contributed by atoms with E-state index in [0.29, 0.717) is 0 Å². The van der Waals surface area contributed by atoms with Crippen LogP contribution < -0.4 is 25.5 Å². The van der Waals surface area contributed by atoms with E-state index in [0.717, 1.165) is 34.1 Å². The molecule has 0 bridgehead atoms. The van der Waals surface area contributed by atoms with Crippen LogP contribution in [0.3, 0.4) is 0 Å². The topological polar surface area (TPSA) is 9.72 Å². The van der Waals surface area contributed by atoms with E-state index < -0.39 is 0 Å². The molecule has 0 fully saturated rings. The molecular weight excluding hydrogens is 878 g/mol. The minimum Gasteiger partial charge on any atom is -0.376 e. The Morgan fingerprint density at radius 3 is 1.52 bits per heavy atom. The highest BCUT2D eigenvalue weighted by atomic mass is 32.1. The number of hydrogen-bond acceptors (Lipinski definition) is 4. The second kappa shape index (κ2) is 17.0. The maximum atomic E-state index is 2.64. The highest BCUT2D eigenvalue weighted by Gasteiger charge is 2.46. The van der Waals surface area contributed by atoms with E-state index in [9.17, 15) is 0 Å². The Kier molecular flexibility index (Phi) is 9.82. The van der Waals surface area contributed by atoms with Crippen molar-refractivity contribution in [3.05, 3.63) is 267 Å². The molecular formula is C66H44BN3S. The van der Waals surface area contributed by atoms with Gasteiger partial charge in [0.05, 0.1) is 0 Å². The Morgan fingerprint density at radius 2 is 0.887 bits per heavy atom. The largest absolute Gasteiger partial charge is 0.376 e. The Balaban J connectivity index is 1.11. The van der Waals surface area contributed by atoms with Gasteiger partial charge >= 0.3 is 6.85 Å². The lowest BCUT2D eigenvalue weighted by Crippen LogP contribution is -2.61. The molecule has 3 nitrogen and oxygen atoms in total. The van der Waals surface area contributed by atoms with Crippen LogP contribution in [0.5, 0.6) is 0 Å². The molecule has 0 radical (unpaired) electrons. The number of anilines is 8. The van der Waals surface area contributed by atoms with Crippen LogP contribution >= 0.6 is 11.3 Å². The van der Waals surface area contributed by atoms with Gasteiger partial charge in [0.1, 0.15) is 0 Å². The zero-order chi connectivity index (χ0) is 46.8. The molecule has 3 heterocycles. The Labute approximate surface area is 418 Å². The molecule has 71 heavy (non-hydrogen) atoms. The van der Waals surface area contributed by atoms with Crippen LogP contribution in [0.1, 0.15) is 0 Å². The highest BCUT2D eigenvalue weighted by molar-refractivity contribution is 7.26. The molecule has 5 heteroatoms. The van der Waals surface area contributed by atoms with Gasteiger partial charge < -0.3 is 14.6 Å². The van der Waals surface area contributed by atoms with Gasteiger partial charge in [-0.25, -0.2) is 0 Å². The van der Waals surface area contributed by atoms with Crippen molar-refractivity contribution in [3.63, 3.8) is 0 Å². The molecule has 0 N–H and O–H groups in total. The summed E-state index contributed by atoms with van der Waals surface area (Å²) in [5.74, 6) is 0. The molecule has 332 valence electrons. The summed E-state index contributed by atoms with van der Waals surface area (Å²) < 4.78 is 2.56. The average Bonchev–Trinajstić information content (AvgIpc) is 3.83. The summed E-state index contributed by atoms with van der Waals surface area (Å²) in [6, 6.07) is 98.1. The average molecular weight is 922 g/mol. The Hall–Kier alpha value is -8.90. The first-order valence-electron chi connectivity index (χ1n) is 24.4. The number of para-hydroxylation sites is 2. The lowest BCUT2D eigenvalue weighted by molar-refractivity contribution is 1.25. The van der Waals surface area contributed by atoms with Gasteiger partial charge in [0.15, 0.2) is 0 Å². The molecule has 0 saturated heterocycles. The molecule has 0 aliphatic carbocycles. The van der Waals surface area contributed by atoms with Crippen LogP contribution in [0.4, 0.5) is 45.5 Å². The normalized spacial score (nSPS) is 12.4. The monoisotopic (exact) mass is 921 g/mol. The quantitative estimate of drug-likeness (QED) is 0.141. The number of nitrogens with zero attached hydrogens (tertiary/aromatic N) is 3. The van der Waals surface area contributed by atoms with E-state index in [-0.39, 0.29) is 6.85 Å². The van der Waals surface area contributed by atoms with Crippen LogP contribution in [-0.2, 0) is 0 Å². The third-order valence-electron chi connectivity index (χ3n) is 14.4. The van der Waals surface area contributed by atoms with Crippen molar-refractivity contribution >= 4 is 94.8 Å². The Bertz CT molecular complexity index is 3910. The standard InChI is InChI=1S/C66H44BN3S/c1-6-20-45(21-7-1)48-26-18-32-53(40-48)69-60-43-54(68(51-28-12-4-13-29-51)52-30-14-5-15-31-52)37-38-58(60)67-66-61(69)44-63-64(56-34-16-17-35-62(56)71-63)65(66)57-42-50(47-24-10-3-11-25-47)36-39-59(57)70(67)55-33-19-27-49(41-55)46-22-8-2-9-23-46/h1-44H. The van der Waals surface area contributed by atoms with Crippen molar-refractivity contribution in [2.45, 2.75) is 0 Å². The number of thiophene rings is 1. The second-order valence-electron chi connectivity index (χ2n) is 18.4. The SMILES string of the molecule is c1ccc(-c2cccc(N3B4c5ccc(N(c6ccccc6)c6ccccc6)cc5N(c5cccc(-c6ccccc6)c5)c5cc6sc7ccccc7c6c(c54)-c4cc(-c5ccccc5)ccc43)c2)cc1. The van der Waals surface area contributed by atoms with Crippen molar-refractivity contribution in [1.82, 2.24) is 0 Å². The minimum absolute atomic E-state index is 0.191. The molecule has 0 saturated carbocycles. The van der Waals surface area contributed by atoms with Crippen molar-refractivity contribution in [3.8, 4) is 44.5 Å². The minimum atomic E-state index is -0.191. The fourth-order valence-electron chi connectivity index (χ4n) is 11.3. The summed E-state index contributed by atoms with van der Waals surface area (Å²) in [7, 11) is 0. The van der Waals surface area contributed by atoms with E-state index in [4.69, 9.17) is 0 Å². The first-order valence-corrected chi connectivity index (χ1v) is 25.2. The first kappa shape index (κ1) is 41.1. The highest BCUT2D eigenvalue weighted by Crippen LogP contribution is 2.53. The zero-order valence-electron chi connectivity index (χ0n) is 38.7. The number of rotatable bonds is 8. The van der Waals surface area contributed by atoms with Gasteiger partial charge in [0.2, 0.25) is 0 Å². The first-order chi connectivity index (χ1) is 35.2. The van der Waals surface area contributed by atoms with E-state index in [1.807, 2.05) is 11.3 Å². The molecule has 0 atom stereocenters. The summed E-state index contributed by atoms with van der Waals surface area (Å²) in [5.41, 5.74) is 21.2. The van der Waals surface area contributed by atoms with Crippen molar-refractivity contribution in [2.24, 2.45) is 0 Å². The number of benzene rings is 11. The zero-order valence-corrected chi connectivity index (χ0v) is 39.5. The van der Waals surface area contributed by atoms with Gasteiger partial charge in [-0.15, -0.1) is 11.3 Å². The number of fused-ring (bicyclic) bond motifs is 8. The molecule has 2 aliphatic heterocycles. The van der Waals surface area contributed by atoms with Gasteiger partial charge in [-0.3, -0.25) is 0 Å². The molecule has 0 amide bonds. The summed E-state index contributed by atoms with van der Waals surface area (Å²) in [4.78, 5) is 7.60. The second-order valence-corrected chi connectivity index (χ2v) is 19.5. The van der Waals surface area contributed by atoms with Gasteiger partial charge in [-0.1, -0.05) is 182 Å². The molecule has 0 spiro atoms. The van der Waals surface area contributed by atoms with Crippen molar-refractivity contribution < 1.29 is 0 Å². The predicted octanol–water partition coefficient (Wildman–Crippen LogP) is 17.2. The number of hydrogen-bond donors (Lipinski definition) is 0. The maximum Gasteiger partial charge on any atom is 0.333 e. The van der Waals surface area contributed by atoms with E-state index in [1.165, 1.54) is 87.0 Å². The summed E-state index contributed by atoms with van der Waals surface area (Å²) >= 11 is 1.89. The van der Waals surface area contributed by atoms with Crippen LogP contribution in [0.15, 0.2) is 267 Å². The fraction of sp³-hybridized carbons (Fsp3) is 0. The van der Waals surface area contributed by atoms with Crippen LogP contribution in [0.2, 0.25) is 0 Å². The third kappa shape index (κ3) is 6.88. The third-order valence-corrected chi connectivity index (χ3v) is 15.5. The van der Waals surface area contributed by atoms with Crippen molar-refractivity contribution in [1.29, 1.82) is 0 Å². The summed E-state index contributed by atoms with van der Waals surface area (Å²) in [6.07, 6.45) is 0. The van der Waals surface area contributed by atoms with Gasteiger partial charge in [-0.2, -0.15) is 0 Å². The lowest BCUT2D eigenvalue weighted by Gasteiger charge is -2.46. The maximum absolute atomic E-state index is 2.64. The van der Waals surface area contributed by atoms with Gasteiger partial charge in [-0.05, 0) is 135 Å². The summed E-state index contributed by atoms with van der Waals surface area (Å²) in [5, 5.41) is 2.61. The van der Waals surface area contributed by atoms with E-state index in [2.05, 4.69) is 282 Å². The lowest BCUT2D eigenvalue weighted by atomic mass is 9.43. The molecule has 0 unspecified atom stereocenters. The van der Waals surface area contributed by atoms with Crippen molar-refractivity contribution in [2.75, 3.05) is 14.6 Å². The molecule has 11 aromatic carbocycles. The van der Waals surface area contributed by atoms with E-state index >= 15 is 0 Å². The molecule has 2 aliphatic rings.